The quantitative estimate of drug-likeness (QED) is 0.664. The summed E-state index contributed by atoms with van der Waals surface area (Å²) < 4.78 is 4.61. The molecule has 2 N–H and O–H groups in total. The van der Waals surface area contributed by atoms with E-state index in [0.29, 0.717) is 25.2 Å². The Morgan fingerprint density at radius 2 is 1.88 bits per heavy atom. The van der Waals surface area contributed by atoms with Gasteiger partial charge >= 0.3 is 5.97 Å². The summed E-state index contributed by atoms with van der Waals surface area (Å²) in [5, 5.41) is 0. The molecule has 132 valence electrons. The van der Waals surface area contributed by atoms with Crippen LogP contribution in [-0.4, -0.2) is 37.0 Å². The maximum Gasteiger partial charge on any atom is 0.305 e. The number of benzene rings is 1. The number of nitrogen functional groups attached to an aromatic ring is 1. The summed E-state index contributed by atoms with van der Waals surface area (Å²) in [6.07, 6.45) is 5.59. The zero-order valence-corrected chi connectivity index (χ0v) is 14.5. The van der Waals surface area contributed by atoms with Gasteiger partial charge in [-0.25, -0.2) is 0 Å². The topological polar surface area (TPSA) is 72.6 Å². The van der Waals surface area contributed by atoms with Crippen LogP contribution in [0.1, 0.15) is 56.4 Å². The fourth-order valence-electron chi connectivity index (χ4n) is 3.26. The van der Waals surface area contributed by atoms with Crippen LogP contribution in [0.2, 0.25) is 0 Å². The molecule has 0 aromatic heterocycles. The molecule has 1 atom stereocenters. The number of esters is 1. The lowest BCUT2D eigenvalue weighted by Gasteiger charge is -2.29. The van der Waals surface area contributed by atoms with Crippen molar-refractivity contribution in [3.63, 3.8) is 0 Å². The normalized spacial score (nSPS) is 18.5. The van der Waals surface area contributed by atoms with Gasteiger partial charge in [0.15, 0.2) is 0 Å². The monoisotopic (exact) mass is 332 g/mol. The molecule has 1 aliphatic rings. The Morgan fingerprint density at radius 1 is 1.12 bits per heavy atom. The third kappa shape index (κ3) is 5.55. The predicted molar refractivity (Wildman–Crippen MR) is 94.5 cm³/mol. The van der Waals surface area contributed by atoms with E-state index in [-0.39, 0.29) is 11.9 Å². The second-order valence-corrected chi connectivity index (χ2v) is 6.46. The first-order valence-corrected chi connectivity index (χ1v) is 8.80. The highest BCUT2D eigenvalue weighted by molar-refractivity contribution is 5.77. The number of carbonyl (C=O) groups excluding carboxylic acids is 2. The first kappa shape index (κ1) is 18.3. The minimum atomic E-state index is -0.251. The first-order chi connectivity index (χ1) is 11.6. The van der Waals surface area contributed by atoms with Crippen molar-refractivity contribution in [2.45, 2.75) is 50.9 Å². The Balaban J connectivity index is 1.86. The number of methoxy groups -OCH3 is 1. The summed E-state index contributed by atoms with van der Waals surface area (Å²) in [6.45, 7) is 1.61. The molecule has 5 heteroatoms. The first-order valence-electron chi connectivity index (χ1n) is 8.80. The maximum absolute atomic E-state index is 12.4. The number of nitrogens with zero attached hydrogens (tertiary/aromatic N) is 1. The molecule has 0 saturated carbocycles. The van der Waals surface area contributed by atoms with Gasteiger partial charge in [-0.1, -0.05) is 18.6 Å². The molecular formula is C19H28N2O3. The van der Waals surface area contributed by atoms with E-state index in [0.717, 1.165) is 44.5 Å². The fraction of sp³-hybridized carbons (Fsp3) is 0.579. The summed E-state index contributed by atoms with van der Waals surface area (Å²) in [4.78, 5) is 25.5. The van der Waals surface area contributed by atoms with Gasteiger partial charge in [-0.15, -0.1) is 0 Å². The van der Waals surface area contributed by atoms with Crippen LogP contribution in [0, 0.1) is 0 Å². The summed E-state index contributed by atoms with van der Waals surface area (Å²) in [5.74, 6) is 0.381. The van der Waals surface area contributed by atoms with E-state index in [1.807, 2.05) is 17.0 Å². The maximum atomic E-state index is 12.4. The minimum absolute atomic E-state index is 0.150. The molecule has 1 amide bonds. The third-order valence-electron chi connectivity index (χ3n) is 4.74. The number of likely N-dealkylation sites (tertiary alicyclic amines) is 1. The van der Waals surface area contributed by atoms with E-state index in [1.165, 1.54) is 12.7 Å². The number of hydrogen-bond donors (Lipinski definition) is 1. The average Bonchev–Trinajstić information content (AvgIpc) is 2.55. The Kier molecular flexibility index (Phi) is 7.09. The van der Waals surface area contributed by atoms with Crippen molar-refractivity contribution in [1.29, 1.82) is 0 Å². The van der Waals surface area contributed by atoms with Crippen molar-refractivity contribution in [2.75, 3.05) is 25.9 Å². The Hall–Kier alpha value is -2.04. The number of nitrogens with two attached hydrogens (primary N) is 1. The summed E-state index contributed by atoms with van der Waals surface area (Å²) in [7, 11) is 1.37. The molecule has 0 bridgehead atoms. The van der Waals surface area contributed by atoms with Crippen molar-refractivity contribution in [3.05, 3.63) is 29.8 Å². The van der Waals surface area contributed by atoms with Gasteiger partial charge in [-0.3, -0.25) is 9.59 Å². The third-order valence-corrected chi connectivity index (χ3v) is 4.74. The van der Waals surface area contributed by atoms with Crippen molar-refractivity contribution in [3.8, 4) is 0 Å². The van der Waals surface area contributed by atoms with E-state index in [9.17, 15) is 9.59 Å². The van der Waals surface area contributed by atoms with Crippen LogP contribution in [-0.2, 0) is 14.3 Å². The fourth-order valence-corrected chi connectivity index (χ4v) is 3.26. The molecule has 24 heavy (non-hydrogen) atoms. The number of ether oxygens (including phenoxy) is 1. The molecule has 1 aliphatic heterocycles. The molecule has 2 rings (SSSR count). The highest BCUT2D eigenvalue weighted by Gasteiger charge is 2.20. The van der Waals surface area contributed by atoms with Crippen molar-refractivity contribution >= 4 is 17.6 Å². The number of carbonyl (C=O) groups is 2. The second kappa shape index (κ2) is 9.30. The standard InChI is InChI=1S/C19H28N2O3/c1-24-19(23)7-4-6-18(22)21-13-3-2-5-15(12-14-21)16-8-10-17(20)11-9-16/h8-11,15H,2-7,12-14,20H2,1H3. The molecule has 1 saturated heterocycles. The highest BCUT2D eigenvalue weighted by atomic mass is 16.5. The molecule has 1 heterocycles. The van der Waals surface area contributed by atoms with E-state index in [2.05, 4.69) is 16.9 Å². The van der Waals surface area contributed by atoms with Crippen LogP contribution in [0.25, 0.3) is 0 Å². The van der Waals surface area contributed by atoms with Crippen molar-refractivity contribution < 1.29 is 14.3 Å². The zero-order valence-electron chi connectivity index (χ0n) is 14.5. The minimum Gasteiger partial charge on any atom is -0.469 e. The second-order valence-electron chi connectivity index (χ2n) is 6.46. The van der Waals surface area contributed by atoms with Gasteiger partial charge < -0.3 is 15.4 Å². The van der Waals surface area contributed by atoms with E-state index in [1.54, 1.807) is 0 Å². The van der Waals surface area contributed by atoms with E-state index < -0.39 is 0 Å². The molecule has 0 spiro atoms. The average molecular weight is 332 g/mol. The molecular weight excluding hydrogens is 304 g/mol. The highest BCUT2D eigenvalue weighted by Crippen LogP contribution is 2.28. The Bertz CT molecular complexity index is 542. The van der Waals surface area contributed by atoms with Gasteiger partial charge in [0.05, 0.1) is 7.11 Å². The van der Waals surface area contributed by atoms with Crippen LogP contribution in [0.4, 0.5) is 5.69 Å². The largest absolute Gasteiger partial charge is 0.469 e. The SMILES string of the molecule is COC(=O)CCCC(=O)N1CCCCC(c2ccc(N)cc2)CC1. The van der Waals surface area contributed by atoms with Crippen LogP contribution >= 0.6 is 0 Å². The lowest BCUT2D eigenvalue weighted by atomic mass is 9.89. The Labute approximate surface area is 144 Å². The smallest absolute Gasteiger partial charge is 0.305 e. The van der Waals surface area contributed by atoms with Crippen LogP contribution in [0.3, 0.4) is 0 Å². The Morgan fingerprint density at radius 3 is 2.58 bits per heavy atom. The summed E-state index contributed by atoms with van der Waals surface area (Å²) >= 11 is 0. The van der Waals surface area contributed by atoms with Crippen molar-refractivity contribution in [1.82, 2.24) is 4.90 Å². The van der Waals surface area contributed by atoms with E-state index in [4.69, 9.17) is 5.73 Å². The molecule has 0 aliphatic carbocycles. The molecule has 1 fully saturated rings. The van der Waals surface area contributed by atoms with Gasteiger partial charge in [0.25, 0.3) is 0 Å². The van der Waals surface area contributed by atoms with Gasteiger partial charge in [0, 0.05) is 31.6 Å². The van der Waals surface area contributed by atoms with Crippen LogP contribution in [0.15, 0.2) is 24.3 Å². The molecule has 1 aromatic rings. The molecule has 5 nitrogen and oxygen atoms in total. The lowest BCUT2D eigenvalue weighted by molar-refractivity contribution is -0.140. The number of rotatable bonds is 5. The van der Waals surface area contributed by atoms with Gasteiger partial charge in [0.2, 0.25) is 5.91 Å². The lowest BCUT2D eigenvalue weighted by Crippen LogP contribution is -2.34. The molecule has 1 aromatic carbocycles. The molecule has 0 radical (unpaired) electrons. The number of hydrogen-bond acceptors (Lipinski definition) is 4. The van der Waals surface area contributed by atoms with Crippen molar-refractivity contribution in [2.24, 2.45) is 0 Å². The van der Waals surface area contributed by atoms with E-state index >= 15 is 0 Å². The summed E-state index contributed by atoms with van der Waals surface area (Å²) in [5.41, 5.74) is 7.86. The van der Waals surface area contributed by atoms with Gasteiger partial charge in [-0.2, -0.15) is 0 Å². The van der Waals surface area contributed by atoms with Gasteiger partial charge in [-0.05, 0) is 49.3 Å². The number of amides is 1. The van der Waals surface area contributed by atoms with Gasteiger partial charge in [0.1, 0.15) is 0 Å². The summed E-state index contributed by atoms with van der Waals surface area (Å²) in [6, 6.07) is 8.10. The van der Waals surface area contributed by atoms with Crippen LogP contribution in [0.5, 0.6) is 0 Å². The molecule has 1 unspecified atom stereocenters. The number of anilines is 1. The predicted octanol–water partition coefficient (Wildman–Crippen LogP) is 3.10. The zero-order chi connectivity index (χ0) is 17.4. The van der Waals surface area contributed by atoms with Crippen LogP contribution < -0.4 is 5.73 Å².